The monoisotopic (exact) mass is 354 g/mol. The van der Waals surface area contributed by atoms with Gasteiger partial charge in [0.2, 0.25) is 0 Å². The largest absolute Gasteiger partial charge is 0.207 e. The summed E-state index contributed by atoms with van der Waals surface area (Å²) in [6.45, 7) is 8.44. The van der Waals surface area contributed by atoms with Crippen LogP contribution in [0.5, 0.6) is 0 Å². The number of halogens is 3. The van der Waals surface area contributed by atoms with Gasteiger partial charge in [0, 0.05) is 5.02 Å². The van der Waals surface area contributed by atoms with Gasteiger partial charge in [-0.25, -0.2) is 4.39 Å². The van der Waals surface area contributed by atoms with Crippen LogP contribution in [0.25, 0.3) is 0 Å². The molecule has 0 bridgehead atoms. The molecule has 0 spiro atoms. The van der Waals surface area contributed by atoms with Crippen LogP contribution >= 0.6 is 27.5 Å². The van der Waals surface area contributed by atoms with Crippen LogP contribution in [-0.4, -0.2) is 0 Å². The molecule has 0 fully saturated rings. The first-order chi connectivity index (χ1) is 9.32. The van der Waals surface area contributed by atoms with Gasteiger partial charge in [0.15, 0.2) is 0 Å². The molecule has 0 saturated heterocycles. The van der Waals surface area contributed by atoms with Crippen molar-refractivity contribution in [2.45, 2.75) is 32.5 Å². The third-order valence-corrected chi connectivity index (χ3v) is 5.19. The fourth-order valence-electron chi connectivity index (χ4n) is 2.49. The van der Waals surface area contributed by atoms with E-state index < -0.39 is 0 Å². The molecule has 0 aliphatic rings. The van der Waals surface area contributed by atoms with Gasteiger partial charge in [-0.05, 0) is 73.2 Å². The smallest absolute Gasteiger partial charge is 0.124 e. The van der Waals surface area contributed by atoms with Gasteiger partial charge in [-0.15, -0.1) is 0 Å². The Morgan fingerprint density at radius 2 is 1.55 bits per heavy atom. The van der Waals surface area contributed by atoms with Gasteiger partial charge in [-0.2, -0.15) is 0 Å². The molecule has 0 aliphatic heterocycles. The zero-order chi connectivity index (χ0) is 15.0. The molecule has 106 valence electrons. The molecular weight excluding hydrogens is 339 g/mol. The molecule has 0 amide bonds. The molecule has 0 N–H and O–H groups in total. The lowest BCUT2D eigenvalue weighted by Crippen LogP contribution is -2.04. The van der Waals surface area contributed by atoms with Crippen LogP contribution < -0.4 is 0 Å². The van der Waals surface area contributed by atoms with E-state index in [0.717, 1.165) is 5.56 Å². The molecule has 0 aliphatic carbocycles. The summed E-state index contributed by atoms with van der Waals surface area (Å²) in [5.74, 6) is -0.313. The van der Waals surface area contributed by atoms with E-state index in [9.17, 15) is 4.39 Å². The average Bonchev–Trinajstić information content (AvgIpc) is 2.36. The Balaban J connectivity index is 2.62. The van der Waals surface area contributed by atoms with Crippen molar-refractivity contribution in [3.63, 3.8) is 0 Å². The number of benzene rings is 2. The number of hydrogen-bond acceptors (Lipinski definition) is 0. The second-order valence-electron chi connectivity index (χ2n) is 5.20. The highest BCUT2D eigenvalue weighted by atomic mass is 79.9. The molecule has 20 heavy (non-hydrogen) atoms. The lowest BCUT2D eigenvalue weighted by Gasteiger charge is -2.21. The lowest BCUT2D eigenvalue weighted by molar-refractivity contribution is 0.627. The summed E-state index contributed by atoms with van der Waals surface area (Å²) >= 11 is 9.92. The Kier molecular flexibility index (Phi) is 4.55. The van der Waals surface area contributed by atoms with Crippen LogP contribution in [0.3, 0.4) is 0 Å². The zero-order valence-electron chi connectivity index (χ0n) is 12.0. The van der Waals surface area contributed by atoms with Crippen LogP contribution in [-0.2, 0) is 0 Å². The van der Waals surface area contributed by atoms with Gasteiger partial charge in [0.1, 0.15) is 5.82 Å². The number of aryl methyl sites for hydroxylation is 2. The molecule has 0 radical (unpaired) electrons. The van der Waals surface area contributed by atoms with Crippen molar-refractivity contribution in [3.8, 4) is 0 Å². The Morgan fingerprint density at radius 3 is 2.05 bits per heavy atom. The maximum absolute atomic E-state index is 13.2. The van der Waals surface area contributed by atoms with Crippen molar-refractivity contribution in [2.24, 2.45) is 0 Å². The third kappa shape index (κ3) is 2.77. The summed E-state index contributed by atoms with van der Waals surface area (Å²) < 4.78 is 13.2. The summed E-state index contributed by atoms with van der Waals surface area (Å²) in [5.41, 5.74) is 7.11. The summed E-state index contributed by atoms with van der Waals surface area (Å²) in [4.78, 5) is -0.0331. The Bertz CT molecular complexity index is 638. The van der Waals surface area contributed by atoms with E-state index in [-0.39, 0.29) is 10.6 Å². The third-order valence-electron chi connectivity index (χ3n) is 3.91. The van der Waals surface area contributed by atoms with Crippen molar-refractivity contribution >= 4 is 27.5 Å². The van der Waals surface area contributed by atoms with E-state index >= 15 is 0 Å². The van der Waals surface area contributed by atoms with Gasteiger partial charge in [-0.1, -0.05) is 39.7 Å². The molecular formula is C17H17BrClF. The van der Waals surface area contributed by atoms with E-state index in [1.54, 1.807) is 6.07 Å². The Hall–Kier alpha value is -0.860. The maximum Gasteiger partial charge on any atom is 0.124 e. The first-order valence-corrected chi connectivity index (χ1v) is 7.78. The predicted octanol–water partition coefficient (Wildman–Crippen LogP) is 6.20. The second kappa shape index (κ2) is 5.87. The van der Waals surface area contributed by atoms with Crippen molar-refractivity contribution < 1.29 is 4.39 Å². The molecule has 0 aromatic heterocycles. The highest BCUT2D eigenvalue weighted by Crippen LogP contribution is 2.40. The molecule has 0 nitrogen and oxygen atoms in total. The quantitative estimate of drug-likeness (QED) is 0.563. The minimum absolute atomic E-state index is 0.0331. The second-order valence-corrected chi connectivity index (χ2v) is 6.53. The lowest BCUT2D eigenvalue weighted by atomic mass is 9.90. The van der Waals surface area contributed by atoms with Gasteiger partial charge < -0.3 is 0 Å². The molecule has 2 aromatic rings. The SMILES string of the molecule is Cc1cc(C)c(C)c(C(Br)c2ccc(F)cc2Cl)c1C. The summed E-state index contributed by atoms with van der Waals surface area (Å²) in [6.07, 6.45) is 0. The van der Waals surface area contributed by atoms with Crippen LogP contribution in [0.2, 0.25) is 5.02 Å². The first-order valence-electron chi connectivity index (χ1n) is 6.49. The molecule has 1 unspecified atom stereocenters. The van der Waals surface area contributed by atoms with E-state index in [1.807, 2.05) is 0 Å². The first kappa shape index (κ1) is 15.5. The number of alkyl halides is 1. The Morgan fingerprint density at radius 1 is 1.00 bits per heavy atom. The zero-order valence-corrected chi connectivity index (χ0v) is 14.4. The summed E-state index contributed by atoms with van der Waals surface area (Å²) in [7, 11) is 0. The molecule has 2 aromatic carbocycles. The van der Waals surface area contributed by atoms with Crippen LogP contribution in [0.4, 0.5) is 4.39 Å². The number of rotatable bonds is 2. The van der Waals surface area contributed by atoms with Crippen LogP contribution in [0.15, 0.2) is 24.3 Å². The van der Waals surface area contributed by atoms with Crippen molar-refractivity contribution in [1.29, 1.82) is 0 Å². The van der Waals surface area contributed by atoms with Crippen molar-refractivity contribution in [1.82, 2.24) is 0 Å². The highest BCUT2D eigenvalue weighted by Gasteiger charge is 2.20. The Labute approximate surface area is 133 Å². The summed E-state index contributed by atoms with van der Waals surface area (Å²) in [5, 5.41) is 0.449. The topological polar surface area (TPSA) is 0 Å². The molecule has 2 rings (SSSR count). The van der Waals surface area contributed by atoms with Crippen molar-refractivity contribution in [3.05, 3.63) is 68.5 Å². The molecule has 1 atom stereocenters. The van der Waals surface area contributed by atoms with Gasteiger partial charge in [-0.3, -0.25) is 0 Å². The fourth-order valence-corrected chi connectivity index (χ4v) is 3.98. The fraction of sp³-hybridized carbons (Fsp3) is 0.294. The molecule has 0 saturated carbocycles. The van der Waals surface area contributed by atoms with Crippen LogP contribution in [0.1, 0.15) is 38.2 Å². The standard InChI is InChI=1S/C17H17BrClF/c1-9-7-10(2)12(4)16(11(9)3)17(18)14-6-5-13(20)8-15(14)19/h5-8,17H,1-4H3. The van der Waals surface area contributed by atoms with Gasteiger partial charge in [0.05, 0.1) is 4.83 Å². The van der Waals surface area contributed by atoms with E-state index in [2.05, 4.69) is 49.7 Å². The highest BCUT2D eigenvalue weighted by molar-refractivity contribution is 9.09. The van der Waals surface area contributed by atoms with Gasteiger partial charge >= 0.3 is 0 Å². The maximum atomic E-state index is 13.2. The molecule has 3 heteroatoms. The minimum atomic E-state index is -0.313. The van der Waals surface area contributed by atoms with E-state index in [0.29, 0.717) is 5.02 Å². The average molecular weight is 356 g/mol. The van der Waals surface area contributed by atoms with E-state index in [4.69, 9.17) is 11.6 Å². The van der Waals surface area contributed by atoms with Crippen molar-refractivity contribution in [2.75, 3.05) is 0 Å². The normalized spacial score (nSPS) is 12.6. The van der Waals surface area contributed by atoms with E-state index in [1.165, 1.54) is 39.9 Å². The van der Waals surface area contributed by atoms with Gasteiger partial charge in [0.25, 0.3) is 0 Å². The molecule has 0 heterocycles. The predicted molar refractivity (Wildman–Crippen MR) is 87.6 cm³/mol. The summed E-state index contributed by atoms with van der Waals surface area (Å²) in [6, 6.07) is 6.75. The van der Waals surface area contributed by atoms with Crippen LogP contribution in [0, 0.1) is 33.5 Å². The minimum Gasteiger partial charge on any atom is -0.207 e. The number of hydrogen-bond donors (Lipinski definition) is 0.